The van der Waals surface area contributed by atoms with Gasteiger partial charge in [0, 0.05) is 4.88 Å². The second-order valence-corrected chi connectivity index (χ2v) is 5.53. The molecule has 0 spiro atoms. The number of aromatic nitrogens is 1. The van der Waals surface area contributed by atoms with Crippen molar-refractivity contribution in [2.75, 3.05) is 19.5 Å². The molecule has 0 radical (unpaired) electrons. The van der Waals surface area contributed by atoms with Crippen LogP contribution in [-0.4, -0.2) is 36.4 Å². The van der Waals surface area contributed by atoms with Crippen molar-refractivity contribution in [1.29, 1.82) is 0 Å². The second-order valence-electron chi connectivity index (χ2n) is 4.52. The molecule has 1 heterocycles. The summed E-state index contributed by atoms with van der Waals surface area (Å²) in [5, 5.41) is 2.57. The third kappa shape index (κ3) is 3.72. The molecule has 23 heavy (non-hydrogen) atoms. The standard InChI is InChI=1S/C15H14N2O5S/c1-8-6-12(17-23-8)13(18)16-11-7-9(14(19)21-2)4-5-10(11)15(20)22-3/h4-7H,1-3H3,(H,16,18). The first-order valence-corrected chi connectivity index (χ1v) is 7.29. The molecule has 8 heteroatoms. The maximum absolute atomic E-state index is 12.2. The third-order valence-electron chi connectivity index (χ3n) is 2.95. The zero-order valence-electron chi connectivity index (χ0n) is 12.7. The first kappa shape index (κ1) is 16.6. The number of carbonyl (C=O) groups is 3. The molecule has 0 bridgehead atoms. The van der Waals surface area contributed by atoms with Gasteiger partial charge >= 0.3 is 11.9 Å². The zero-order chi connectivity index (χ0) is 17.0. The first-order chi connectivity index (χ1) is 11.0. The van der Waals surface area contributed by atoms with Gasteiger partial charge in [-0.1, -0.05) is 0 Å². The smallest absolute Gasteiger partial charge is 0.339 e. The van der Waals surface area contributed by atoms with Gasteiger partial charge < -0.3 is 14.8 Å². The molecular formula is C15H14N2O5S. The number of esters is 2. The van der Waals surface area contributed by atoms with E-state index in [9.17, 15) is 14.4 Å². The molecule has 0 unspecified atom stereocenters. The number of carbonyl (C=O) groups excluding carboxylic acids is 3. The fraction of sp³-hybridized carbons (Fsp3) is 0.200. The van der Waals surface area contributed by atoms with E-state index in [-0.39, 0.29) is 22.5 Å². The number of ether oxygens (including phenoxy) is 2. The van der Waals surface area contributed by atoms with Crippen LogP contribution in [0.1, 0.15) is 36.1 Å². The highest BCUT2D eigenvalue weighted by molar-refractivity contribution is 7.05. The Balaban J connectivity index is 2.38. The molecule has 0 aliphatic carbocycles. The molecule has 2 aromatic rings. The number of nitrogens with zero attached hydrogens (tertiary/aromatic N) is 1. The quantitative estimate of drug-likeness (QED) is 0.862. The maximum Gasteiger partial charge on any atom is 0.339 e. The van der Waals surface area contributed by atoms with E-state index in [0.29, 0.717) is 0 Å². The van der Waals surface area contributed by atoms with Crippen LogP contribution in [0.3, 0.4) is 0 Å². The Bertz CT molecular complexity index is 769. The Morgan fingerprint density at radius 3 is 2.35 bits per heavy atom. The van der Waals surface area contributed by atoms with Gasteiger partial charge in [-0.2, -0.15) is 4.37 Å². The summed E-state index contributed by atoms with van der Waals surface area (Å²) < 4.78 is 13.3. The van der Waals surface area contributed by atoms with Crippen LogP contribution in [0.15, 0.2) is 24.3 Å². The molecule has 0 saturated heterocycles. The number of anilines is 1. The lowest BCUT2D eigenvalue weighted by Crippen LogP contribution is -2.16. The summed E-state index contributed by atoms with van der Waals surface area (Å²) in [6.45, 7) is 1.83. The van der Waals surface area contributed by atoms with Crippen molar-refractivity contribution in [3.05, 3.63) is 46.0 Å². The predicted molar refractivity (Wildman–Crippen MR) is 83.9 cm³/mol. The Morgan fingerprint density at radius 2 is 1.78 bits per heavy atom. The normalized spacial score (nSPS) is 10.0. The van der Waals surface area contributed by atoms with E-state index in [1.165, 1.54) is 44.0 Å². The Morgan fingerprint density at radius 1 is 1.09 bits per heavy atom. The van der Waals surface area contributed by atoms with E-state index < -0.39 is 17.8 Å². The molecule has 0 saturated carbocycles. The summed E-state index contributed by atoms with van der Waals surface area (Å²) >= 11 is 1.19. The predicted octanol–water partition coefficient (Wildman–Crippen LogP) is 2.28. The second kappa shape index (κ2) is 7.01. The average Bonchev–Trinajstić information content (AvgIpc) is 3.00. The van der Waals surface area contributed by atoms with Crippen molar-refractivity contribution < 1.29 is 23.9 Å². The van der Waals surface area contributed by atoms with E-state index in [1.54, 1.807) is 6.07 Å². The minimum atomic E-state index is -0.633. The minimum Gasteiger partial charge on any atom is -0.465 e. The Hall–Kier alpha value is -2.74. The number of amides is 1. The minimum absolute atomic E-state index is 0.125. The van der Waals surface area contributed by atoms with Crippen LogP contribution in [0.25, 0.3) is 0 Å². The molecule has 0 fully saturated rings. The lowest BCUT2D eigenvalue weighted by molar-refractivity contribution is 0.0587. The van der Waals surface area contributed by atoms with E-state index >= 15 is 0 Å². The average molecular weight is 334 g/mol. The molecule has 0 atom stereocenters. The molecule has 120 valence electrons. The van der Waals surface area contributed by atoms with Crippen LogP contribution < -0.4 is 5.32 Å². The fourth-order valence-electron chi connectivity index (χ4n) is 1.84. The summed E-state index contributed by atoms with van der Waals surface area (Å²) in [6, 6.07) is 5.79. The highest BCUT2D eigenvalue weighted by atomic mass is 32.1. The van der Waals surface area contributed by atoms with Gasteiger partial charge in [-0.3, -0.25) is 4.79 Å². The van der Waals surface area contributed by atoms with E-state index in [2.05, 4.69) is 19.2 Å². The highest BCUT2D eigenvalue weighted by Gasteiger charge is 2.18. The Kier molecular flexibility index (Phi) is 5.07. The number of hydrogen-bond acceptors (Lipinski definition) is 7. The molecule has 0 aliphatic heterocycles. The van der Waals surface area contributed by atoms with Crippen molar-refractivity contribution >= 4 is 35.1 Å². The van der Waals surface area contributed by atoms with Gasteiger partial charge in [-0.15, -0.1) is 0 Å². The van der Waals surface area contributed by atoms with Crippen molar-refractivity contribution in [2.24, 2.45) is 0 Å². The molecule has 7 nitrogen and oxygen atoms in total. The topological polar surface area (TPSA) is 94.6 Å². The number of methoxy groups -OCH3 is 2. The number of rotatable bonds is 4. The summed E-state index contributed by atoms with van der Waals surface area (Å²) in [7, 11) is 2.47. The van der Waals surface area contributed by atoms with Crippen molar-refractivity contribution in [3.63, 3.8) is 0 Å². The summed E-state index contributed by atoms with van der Waals surface area (Å²) in [5.41, 5.74) is 0.701. The summed E-state index contributed by atoms with van der Waals surface area (Å²) in [4.78, 5) is 36.5. The van der Waals surface area contributed by atoms with E-state index in [4.69, 9.17) is 0 Å². The lowest BCUT2D eigenvalue weighted by Gasteiger charge is -2.10. The molecule has 1 amide bonds. The van der Waals surface area contributed by atoms with Crippen LogP contribution in [0.5, 0.6) is 0 Å². The lowest BCUT2D eigenvalue weighted by atomic mass is 10.1. The Labute approximate surface area is 136 Å². The van der Waals surface area contributed by atoms with E-state index in [1.807, 2.05) is 6.92 Å². The SMILES string of the molecule is COC(=O)c1ccc(C(=O)OC)c(NC(=O)c2cc(C)sn2)c1. The number of aryl methyl sites for hydroxylation is 1. The van der Waals surface area contributed by atoms with Gasteiger partial charge in [0.25, 0.3) is 5.91 Å². The van der Waals surface area contributed by atoms with Gasteiger partial charge in [0.1, 0.15) is 5.69 Å². The number of hydrogen-bond donors (Lipinski definition) is 1. The van der Waals surface area contributed by atoms with Gasteiger partial charge in [0.2, 0.25) is 0 Å². The van der Waals surface area contributed by atoms with Crippen LogP contribution in [0.2, 0.25) is 0 Å². The van der Waals surface area contributed by atoms with Gasteiger partial charge in [0.15, 0.2) is 0 Å². The van der Waals surface area contributed by atoms with Gasteiger partial charge in [-0.25, -0.2) is 9.59 Å². The monoisotopic (exact) mass is 334 g/mol. The number of benzene rings is 1. The highest BCUT2D eigenvalue weighted by Crippen LogP contribution is 2.21. The van der Waals surface area contributed by atoms with Crippen LogP contribution in [0.4, 0.5) is 5.69 Å². The molecule has 1 N–H and O–H groups in total. The third-order valence-corrected chi connectivity index (χ3v) is 3.65. The molecule has 1 aromatic carbocycles. The summed E-state index contributed by atoms with van der Waals surface area (Å²) in [6.07, 6.45) is 0. The molecule has 1 aromatic heterocycles. The summed E-state index contributed by atoms with van der Waals surface area (Å²) in [5.74, 6) is -1.70. The van der Waals surface area contributed by atoms with E-state index in [0.717, 1.165) is 4.88 Å². The van der Waals surface area contributed by atoms with Crippen LogP contribution >= 0.6 is 11.5 Å². The zero-order valence-corrected chi connectivity index (χ0v) is 13.5. The fourth-order valence-corrected chi connectivity index (χ4v) is 2.38. The molecule has 0 aliphatic rings. The van der Waals surface area contributed by atoms with Crippen molar-refractivity contribution in [3.8, 4) is 0 Å². The van der Waals surface area contributed by atoms with Crippen molar-refractivity contribution in [2.45, 2.75) is 6.92 Å². The van der Waals surface area contributed by atoms with Crippen LogP contribution in [-0.2, 0) is 9.47 Å². The first-order valence-electron chi connectivity index (χ1n) is 6.51. The van der Waals surface area contributed by atoms with Crippen LogP contribution in [0, 0.1) is 6.92 Å². The number of nitrogens with one attached hydrogen (secondary N) is 1. The maximum atomic E-state index is 12.2. The largest absolute Gasteiger partial charge is 0.465 e. The van der Waals surface area contributed by atoms with Gasteiger partial charge in [-0.05, 0) is 42.7 Å². The van der Waals surface area contributed by atoms with Gasteiger partial charge in [0.05, 0.1) is 31.0 Å². The molecular weight excluding hydrogens is 320 g/mol. The molecule has 2 rings (SSSR count). The van der Waals surface area contributed by atoms with Crippen molar-refractivity contribution in [1.82, 2.24) is 4.37 Å².